The number of benzene rings is 1. The monoisotopic (exact) mass is 280 g/mol. The second kappa shape index (κ2) is 7.90. The van der Waals surface area contributed by atoms with Gasteiger partial charge in [-0.25, -0.2) is 4.79 Å². The van der Waals surface area contributed by atoms with Crippen LogP contribution in [0.5, 0.6) is 0 Å². The summed E-state index contributed by atoms with van der Waals surface area (Å²) in [6, 6.07) is 7.10. The van der Waals surface area contributed by atoms with Crippen molar-refractivity contribution in [3.63, 3.8) is 0 Å². The molecule has 0 radical (unpaired) electrons. The molecule has 20 heavy (non-hydrogen) atoms. The molecule has 1 aromatic rings. The van der Waals surface area contributed by atoms with Crippen LogP contribution in [0.3, 0.4) is 0 Å². The summed E-state index contributed by atoms with van der Waals surface area (Å²) in [4.78, 5) is 38.5. The fourth-order valence-corrected chi connectivity index (χ4v) is 1.52. The summed E-state index contributed by atoms with van der Waals surface area (Å²) in [7, 11) is 1.42. The second-order valence-corrected chi connectivity index (χ2v) is 3.95. The Morgan fingerprint density at radius 1 is 1.25 bits per heavy atom. The number of carbonyl (C=O) groups excluding carboxylic acids is 2. The molecule has 7 nitrogen and oxygen atoms in total. The molecule has 0 fully saturated rings. The van der Waals surface area contributed by atoms with Gasteiger partial charge in [0.15, 0.2) is 0 Å². The van der Waals surface area contributed by atoms with Crippen molar-refractivity contribution in [2.24, 2.45) is 0 Å². The van der Waals surface area contributed by atoms with E-state index < -0.39 is 23.9 Å². The Bertz CT molecular complexity index is 475. The lowest BCUT2D eigenvalue weighted by atomic mass is 10.1. The van der Waals surface area contributed by atoms with E-state index in [0.717, 1.165) is 0 Å². The summed E-state index contributed by atoms with van der Waals surface area (Å²) in [5.41, 5.74) is 2.56. The van der Waals surface area contributed by atoms with E-state index in [2.05, 4.69) is 15.6 Å². The molecule has 0 saturated heterocycles. The number of rotatable bonds is 7. The predicted molar refractivity (Wildman–Crippen MR) is 69.7 cm³/mol. The third kappa shape index (κ3) is 5.07. The van der Waals surface area contributed by atoms with Crippen molar-refractivity contribution < 1.29 is 24.3 Å². The smallest absolute Gasteiger partial charge is 0.326 e. The molecular formula is C13H16N2O5. The first-order chi connectivity index (χ1) is 9.54. The standard InChI is InChI=1S/C13H16N2O5/c1-14-20-11(16)8-7-10(13(18)19)15-12(17)9-5-3-2-4-6-9/h2-6,10,14H,7-8H2,1H3,(H,15,17)(H,18,19)/t10-/m0/s1. The van der Waals surface area contributed by atoms with Gasteiger partial charge in [0.1, 0.15) is 6.04 Å². The fraction of sp³-hybridized carbons (Fsp3) is 0.308. The summed E-state index contributed by atoms with van der Waals surface area (Å²) in [5.74, 6) is -2.29. The van der Waals surface area contributed by atoms with Crippen molar-refractivity contribution in [1.82, 2.24) is 10.8 Å². The van der Waals surface area contributed by atoms with Crippen LogP contribution < -0.4 is 10.8 Å². The minimum Gasteiger partial charge on any atom is -0.480 e. The lowest BCUT2D eigenvalue weighted by Crippen LogP contribution is -2.41. The van der Waals surface area contributed by atoms with Gasteiger partial charge in [0.2, 0.25) is 0 Å². The molecule has 0 aliphatic carbocycles. The van der Waals surface area contributed by atoms with Crippen molar-refractivity contribution in [3.05, 3.63) is 35.9 Å². The van der Waals surface area contributed by atoms with Gasteiger partial charge in [0.25, 0.3) is 5.91 Å². The van der Waals surface area contributed by atoms with Crippen LogP contribution in [0.4, 0.5) is 0 Å². The number of carbonyl (C=O) groups is 3. The van der Waals surface area contributed by atoms with Crippen LogP contribution in [-0.2, 0) is 14.4 Å². The van der Waals surface area contributed by atoms with Gasteiger partial charge in [-0.05, 0) is 18.6 Å². The molecule has 1 atom stereocenters. The Labute approximate surface area is 115 Å². The number of hydrogen-bond donors (Lipinski definition) is 3. The van der Waals surface area contributed by atoms with Gasteiger partial charge in [0.05, 0.1) is 0 Å². The number of hydroxylamine groups is 1. The molecule has 1 rings (SSSR count). The average molecular weight is 280 g/mol. The zero-order chi connectivity index (χ0) is 15.0. The molecule has 1 amide bonds. The zero-order valence-corrected chi connectivity index (χ0v) is 11.0. The lowest BCUT2D eigenvalue weighted by molar-refractivity contribution is -0.150. The number of carboxylic acids is 1. The normalized spacial score (nSPS) is 11.4. The van der Waals surface area contributed by atoms with Crippen LogP contribution in [-0.4, -0.2) is 36.0 Å². The SMILES string of the molecule is CNOC(=O)CC[C@H](NC(=O)c1ccccc1)C(=O)O. The predicted octanol–water partition coefficient (Wildman–Crippen LogP) is 0.327. The Morgan fingerprint density at radius 2 is 1.90 bits per heavy atom. The first kappa shape index (κ1) is 15.6. The molecule has 0 aliphatic rings. The van der Waals surface area contributed by atoms with Crippen molar-refractivity contribution in [2.75, 3.05) is 7.05 Å². The van der Waals surface area contributed by atoms with Gasteiger partial charge in [-0.1, -0.05) is 18.2 Å². The molecule has 0 heterocycles. The number of amides is 1. The lowest BCUT2D eigenvalue weighted by Gasteiger charge is -2.14. The third-order valence-corrected chi connectivity index (χ3v) is 2.49. The molecule has 0 spiro atoms. The van der Waals surface area contributed by atoms with Gasteiger partial charge in [0, 0.05) is 19.0 Å². The van der Waals surface area contributed by atoms with Gasteiger partial charge in [-0.15, -0.1) is 0 Å². The number of carboxylic acid groups (broad SMARTS) is 1. The maximum absolute atomic E-state index is 11.8. The van der Waals surface area contributed by atoms with Crippen molar-refractivity contribution in [3.8, 4) is 0 Å². The average Bonchev–Trinajstić information content (AvgIpc) is 2.44. The molecule has 0 bridgehead atoms. The largest absolute Gasteiger partial charge is 0.480 e. The van der Waals surface area contributed by atoms with E-state index in [-0.39, 0.29) is 12.8 Å². The Balaban J connectivity index is 2.57. The summed E-state index contributed by atoms with van der Waals surface area (Å²) in [5, 5.41) is 11.4. The van der Waals surface area contributed by atoms with Gasteiger partial charge >= 0.3 is 11.9 Å². The van der Waals surface area contributed by atoms with E-state index in [1.165, 1.54) is 7.05 Å². The van der Waals surface area contributed by atoms with Crippen LogP contribution >= 0.6 is 0 Å². The van der Waals surface area contributed by atoms with Crippen LogP contribution in [0.15, 0.2) is 30.3 Å². The van der Waals surface area contributed by atoms with Crippen molar-refractivity contribution >= 4 is 17.8 Å². The number of nitrogens with one attached hydrogen (secondary N) is 2. The van der Waals surface area contributed by atoms with Crippen molar-refractivity contribution in [2.45, 2.75) is 18.9 Å². The minimum absolute atomic E-state index is 0.0472. The van der Waals surface area contributed by atoms with Crippen LogP contribution in [0.2, 0.25) is 0 Å². The van der Waals surface area contributed by atoms with E-state index in [0.29, 0.717) is 5.56 Å². The van der Waals surface area contributed by atoms with Gasteiger partial charge in [-0.2, -0.15) is 5.48 Å². The zero-order valence-electron chi connectivity index (χ0n) is 11.0. The van der Waals surface area contributed by atoms with E-state index in [1.54, 1.807) is 30.3 Å². The quantitative estimate of drug-likeness (QED) is 0.622. The second-order valence-electron chi connectivity index (χ2n) is 3.95. The molecule has 7 heteroatoms. The molecule has 0 aliphatic heterocycles. The molecular weight excluding hydrogens is 264 g/mol. The molecule has 3 N–H and O–H groups in total. The van der Waals surface area contributed by atoms with E-state index in [4.69, 9.17) is 5.11 Å². The number of aliphatic carboxylic acids is 1. The Kier molecular flexibility index (Phi) is 6.18. The highest BCUT2D eigenvalue weighted by molar-refractivity contribution is 5.96. The highest BCUT2D eigenvalue weighted by Gasteiger charge is 2.21. The molecule has 0 saturated carbocycles. The molecule has 1 aromatic carbocycles. The van der Waals surface area contributed by atoms with E-state index >= 15 is 0 Å². The molecule has 108 valence electrons. The fourth-order valence-electron chi connectivity index (χ4n) is 1.52. The summed E-state index contributed by atoms with van der Waals surface area (Å²) >= 11 is 0. The highest BCUT2D eigenvalue weighted by atomic mass is 16.7. The first-order valence-electron chi connectivity index (χ1n) is 5.99. The summed E-state index contributed by atoms with van der Waals surface area (Å²) in [6.45, 7) is 0. The summed E-state index contributed by atoms with van der Waals surface area (Å²) < 4.78 is 0. The Hall–Kier alpha value is -2.41. The highest BCUT2D eigenvalue weighted by Crippen LogP contribution is 2.03. The van der Waals surface area contributed by atoms with Gasteiger partial charge in [-0.3, -0.25) is 9.59 Å². The Morgan fingerprint density at radius 3 is 2.45 bits per heavy atom. The maximum atomic E-state index is 11.8. The van der Waals surface area contributed by atoms with E-state index in [1.807, 2.05) is 0 Å². The third-order valence-electron chi connectivity index (χ3n) is 2.49. The first-order valence-corrected chi connectivity index (χ1v) is 5.99. The number of hydrogen-bond acceptors (Lipinski definition) is 5. The van der Waals surface area contributed by atoms with Crippen LogP contribution in [0, 0.1) is 0 Å². The van der Waals surface area contributed by atoms with E-state index in [9.17, 15) is 14.4 Å². The topological polar surface area (TPSA) is 105 Å². The summed E-state index contributed by atoms with van der Waals surface area (Å²) in [6.07, 6.45) is -0.165. The maximum Gasteiger partial charge on any atom is 0.326 e. The van der Waals surface area contributed by atoms with Crippen LogP contribution in [0.25, 0.3) is 0 Å². The molecule has 0 aromatic heterocycles. The minimum atomic E-state index is -1.20. The van der Waals surface area contributed by atoms with Gasteiger partial charge < -0.3 is 15.3 Å². The molecule has 0 unspecified atom stereocenters. The van der Waals surface area contributed by atoms with Crippen LogP contribution in [0.1, 0.15) is 23.2 Å². The van der Waals surface area contributed by atoms with Crippen molar-refractivity contribution in [1.29, 1.82) is 0 Å².